The Morgan fingerprint density at radius 1 is 1.13 bits per heavy atom. The number of hydrogen-bond donors (Lipinski definition) is 2. The molecule has 0 radical (unpaired) electrons. The number of nitrogens with one attached hydrogen (secondary N) is 1. The van der Waals surface area contributed by atoms with Crippen molar-refractivity contribution in [2.75, 3.05) is 0 Å². The van der Waals surface area contributed by atoms with E-state index in [0.717, 1.165) is 22.6 Å². The molecule has 3 rings (SSSR count). The average Bonchev–Trinajstić information content (AvgIpc) is 3.26. The van der Waals surface area contributed by atoms with Crippen LogP contribution in [0.15, 0.2) is 48.7 Å². The van der Waals surface area contributed by atoms with E-state index in [4.69, 9.17) is 15.5 Å². The summed E-state index contributed by atoms with van der Waals surface area (Å²) in [5.41, 5.74) is 9.02. The fraction of sp³-hybridized carbons (Fsp3) is 0.419. The molecule has 2 aromatic carbocycles. The van der Waals surface area contributed by atoms with Crippen LogP contribution in [0.5, 0.6) is 5.75 Å². The molecule has 0 aliphatic rings. The minimum absolute atomic E-state index is 0.0642. The maximum atomic E-state index is 13.2. The van der Waals surface area contributed by atoms with Crippen molar-refractivity contribution < 1.29 is 14.3 Å². The van der Waals surface area contributed by atoms with Gasteiger partial charge in [-0.25, -0.2) is 4.98 Å². The van der Waals surface area contributed by atoms with E-state index in [9.17, 15) is 14.9 Å². The number of hydrogen-bond acceptors (Lipinski definition) is 5. The number of benzene rings is 2. The van der Waals surface area contributed by atoms with E-state index < -0.39 is 11.8 Å². The van der Waals surface area contributed by atoms with E-state index in [1.54, 1.807) is 19.1 Å². The maximum Gasteiger partial charge on any atom is 0.251 e. The second kappa shape index (κ2) is 12.2. The molecule has 0 saturated carbocycles. The summed E-state index contributed by atoms with van der Waals surface area (Å²) < 4.78 is 7.72. The highest BCUT2D eigenvalue weighted by Gasteiger charge is 2.22. The number of aryl methyl sites for hydroxylation is 1. The minimum atomic E-state index is -0.421. The standard InChI is InChI=1S/C31H39N5O3/c1-19(2)39-27-13-12-23(16-24(27)17-32)29(38)34-25(14-20(3)28(33)37)15-21-8-10-22(11-9-21)26-18-36(7)30(35-26)31(4,5)6/h8-13,16,18-20,25H,14-15H2,1-7H3,(H2,33,37)(H,34,38)/t20-,25+/m0/s1. The van der Waals surface area contributed by atoms with Gasteiger partial charge in [-0.15, -0.1) is 0 Å². The predicted octanol–water partition coefficient (Wildman–Crippen LogP) is 4.90. The van der Waals surface area contributed by atoms with Gasteiger partial charge in [0.1, 0.15) is 17.6 Å². The van der Waals surface area contributed by atoms with Crippen molar-refractivity contribution in [1.82, 2.24) is 14.9 Å². The number of rotatable bonds is 10. The van der Waals surface area contributed by atoms with E-state index in [1.807, 2.05) is 51.4 Å². The molecule has 0 saturated heterocycles. The van der Waals surface area contributed by atoms with Crippen LogP contribution >= 0.6 is 0 Å². The SMILES string of the molecule is CC(C)Oc1ccc(C(=O)N[C@@H](Cc2ccc(-c3cn(C)c(C(C)(C)C)n3)cc2)C[C@H](C)C(N)=O)cc1C#N. The van der Waals surface area contributed by atoms with Crippen molar-refractivity contribution in [3.05, 3.63) is 71.2 Å². The Balaban J connectivity index is 1.80. The number of amides is 2. The molecular formula is C31H39N5O3. The Morgan fingerprint density at radius 2 is 1.79 bits per heavy atom. The van der Waals surface area contributed by atoms with Gasteiger partial charge in [-0.05, 0) is 50.5 Å². The van der Waals surface area contributed by atoms with E-state index in [1.165, 1.54) is 6.07 Å². The highest BCUT2D eigenvalue weighted by atomic mass is 16.5. The van der Waals surface area contributed by atoms with Crippen LogP contribution in [0.25, 0.3) is 11.3 Å². The second-order valence-corrected chi connectivity index (χ2v) is 11.4. The van der Waals surface area contributed by atoms with Crippen molar-refractivity contribution >= 4 is 11.8 Å². The molecule has 206 valence electrons. The molecule has 2 atom stereocenters. The Bertz CT molecular complexity index is 1360. The lowest BCUT2D eigenvalue weighted by atomic mass is 9.94. The van der Waals surface area contributed by atoms with Crippen LogP contribution < -0.4 is 15.8 Å². The number of nitrogens with zero attached hydrogens (tertiary/aromatic N) is 3. The van der Waals surface area contributed by atoms with Crippen LogP contribution in [0, 0.1) is 17.2 Å². The van der Waals surface area contributed by atoms with Crippen LogP contribution in [-0.2, 0) is 23.7 Å². The van der Waals surface area contributed by atoms with Crippen LogP contribution in [0.2, 0.25) is 0 Å². The molecule has 8 heteroatoms. The Labute approximate surface area is 231 Å². The molecular weight excluding hydrogens is 490 g/mol. The Morgan fingerprint density at radius 3 is 2.33 bits per heavy atom. The first-order valence-corrected chi connectivity index (χ1v) is 13.2. The number of carbonyl (C=O) groups excluding carboxylic acids is 2. The summed E-state index contributed by atoms with van der Waals surface area (Å²) in [5, 5.41) is 12.6. The molecule has 3 aromatic rings. The highest BCUT2D eigenvalue weighted by Crippen LogP contribution is 2.26. The number of nitriles is 1. The van der Waals surface area contributed by atoms with Crippen molar-refractivity contribution in [2.45, 2.75) is 71.9 Å². The molecule has 1 aromatic heterocycles. The van der Waals surface area contributed by atoms with Gasteiger partial charge in [-0.2, -0.15) is 5.26 Å². The first-order valence-electron chi connectivity index (χ1n) is 13.2. The van der Waals surface area contributed by atoms with Gasteiger partial charge in [0.2, 0.25) is 5.91 Å². The van der Waals surface area contributed by atoms with Gasteiger partial charge in [0.25, 0.3) is 5.91 Å². The summed E-state index contributed by atoms with van der Waals surface area (Å²) in [6, 6.07) is 14.6. The molecule has 0 unspecified atom stereocenters. The topological polar surface area (TPSA) is 123 Å². The summed E-state index contributed by atoms with van der Waals surface area (Å²) >= 11 is 0. The van der Waals surface area contributed by atoms with Gasteiger partial charge in [-0.1, -0.05) is 52.0 Å². The number of ether oxygens (including phenoxy) is 1. The normalized spacial score (nSPS) is 13.0. The monoisotopic (exact) mass is 529 g/mol. The van der Waals surface area contributed by atoms with Crippen molar-refractivity contribution in [2.24, 2.45) is 18.7 Å². The lowest BCUT2D eigenvalue weighted by molar-refractivity contribution is -0.121. The Hall–Kier alpha value is -4.12. The molecule has 39 heavy (non-hydrogen) atoms. The number of nitrogens with two attached hydrogens (primary N) is 1. The van der Waals surface area contributed by atoms with Crippen molar-refractivity contribution in [3.63, 3.8) is 0 Å². The summed E-state index contributed by atoms with van der Waals surface area (Å²) in [6.45, 7) is 11.9. The van der Waals surface area contributed by atoms with E-state index in [2.05, 4.69) is 36.7 Å². The zero-order chi connectivity index (χ0) is 28.9. The van der Waals surface area contributed by atoms with Crippen molar-refractivity contribution in [3.8, 4) is 23.1 Å². The molecule has 0 aliphatic carbocycles. The zero-order valence-corrected chi connectivity index (χ0v) is 23.9. The quantitative estimate of drug-likeness (QED) is 0.387. The molecule has 0 bridgehead atoms. The summed E-state index contributed by atoms with van der Waals surface area (Å²) in [5.74, 6) is 0.273. The van der Waals surface area contributed by atoms with Gasteiger partial charge in [0.15, 0.2) is 0 Å². The lowest BCUT2D eigenvalue weighted by Gasteiger charge is -2.22. The molecule has 0 fully saturated rings. The lowest BCUT2D eigenvalue weighted by Crippen LogP contribution is -2.39. The molecule has 1 heterocycles. The first kappa shape index (κ1) is 29.4. The third-order valence-electron chi connectivity index (χ3n) is 6.46. The van der Waals surface area contributed by atoms with E-state index in [0.29, 0.717) is 24.2 Å². The summed E-state index contributed by atoms with van der Waals surface area (Å²) in [4.78, 5) is 29.8. The third-order valence-corrected chi connectivity index (χ3v) is 6.46. The minimum Gasteiger partial charge on any atom is -0.490 e. The van der Waals surface area contributed by atoms with E-state index >= 15 is 0 Å². The maximum absolute atomic E-state index is 13.2. The van der Waals surface area contributed by atoms with Crippen LogP contribution in [0.1, 0.15) is 75.3 Å². The second-order valence-electron chi connectivity index (χ2n) is 11.4. The van der Waals surface area contributed by atoms with Gasteiger partial charge in [0.05, 0.1) is 17.4 Å². The third kappa shape index (κ3) is 7.70. The van der Waals surface area contributed by atoms with Gasteiger partial charge >= 0.3 is 0 Å². The summed E-state index contributed by atoms with van der Waals surface area (Å²) in [7, 11) is 2.00. The molecule has 2 amide bonds. The first-order chi connectivity index (χ1) is 18.3. The van der Waals surface area contributed by atoms with Crippen molar-refractivity contribution in [1.29, 1.82) is 5.26 Å². The fourth-order valence-corrected chi connectivity index (χ4v) is 4.52. The van der Waals surface area contributed by atoms with E-state index in [-0.39, 0.29) is 29.0 Å². The number of primary amides is 1. The van der Waals surface area contributed by atoms with Gasteiger partial charge in [-0.3, -0.25) is 9.59 Å². The molecule has 0 spiro atoms. The van der Waals surface area contributed by atoms with Gasteiger partial charge < -0.3 is 20.4 Å². The largest absolute Gasteiger partial charge is 0.490 e. The number of carbonyl (C=O) groups is 2. The summed E-state index contributed by atoms with van der Waals surface area (Å²) in [6.07, 6.45) is 2.83. The molecule has 3 N–H and O–H groups in total. The van der Waals surface area contributed by atoms with Crippen LogP contribution in [0.4, 0.5) is 0 Å². The number of aromatic nitrogens is 2. The Kier molecular flexibility index (Phi) is 9.18. The van der Waals surface area contributed by atoms with Crippen LogP contribution in [0.3, 0.4) is 0 Å². The molecule has 0 aliphatic heterocycles. The fourth-order valence-electron chi connectivity index (χ4n) is 4.52. The highest BCUT2D eigenvalue weighted by molar-refractivity contribution is 5.95. The zero-order valence-electron chi connectivity index (χ0n) is 23.9. The van der Waals surface area contributed by atoms with Gasteiger partial charge in [0, 0.05) is 41.7 Å². The molecule has 8 nitrogen and oxygen atoms in total. The predicted molar refractivity (Wildman–Crippen MR) is 152 cm³/mol. The van der Waals surface area contributed by atoms with Crippen LogP contribution in [-0.4, -0.2) is 33.5 Å². The average molecular weight is 530 g/mol. The number of imidazole rings is 1. The smallest absolute Gasteiger partial charge is 0.251 e.